The number of methoxy groups -OCH3 is 2. The molecule has 0 aliphatic carbocycles. The summed E-state index contributed by atoms with van der Waals surface area (Å²) in [6.45, 7) is 3.75. The minimum absolute atomic E-state index is 0.104. The van der Waals surface area contributed by atoms with Crippen LogP contribution in [0.15, 0.2) is 0 Å². The standard InChI is InChI=1S/C11H17ClN4O2/c1-7-4-5-16(6-8(7)12)9-13-10(17-2)15-11(14-9)18-3/h7-8H,4-6H2,1-3H3. The van der Waals surface area contributed by atoms with Crippen LogP contribution in [0.4, 0.5) is 5.95 Å². The number of halogens is 1. The first-order valence-corrected chi connectivity index (χ1v) is 6.30. The second-order valence-electron chi connectivity index (χ2n) is 4.34. The highest BCUT2D eigenvalue weighted by molar-refractivity contribution is 6.21. The van der Waals surface area contributed by atoms with E-state index in [1.807, 2.05) is 4.90 Å². The molecule has 18 heavy (non-hydrogen) atoms. The predicted molar refractivity (Wildman–Crippen MR) is 68.6 cm³/mol. The third-order valence-corrected chi connectivity index (χ3v) is 3.67. The van der Waals surface area contributed by atoms with Crippen molar-refractivity contribution in [3.63, 3.8) is 0 Å². The van der Waals surface area contributed by atoms with Crippen molar-refractivity contribution >= 4 is 17.5 Å². The van der Waals surface area contributed by atoms with E-state index in [0.717, 1.165) is 19.5 Å². The van der Waals surface area contributed by atoms with Crippen LogP contribution in [-0.2, 0) is 0 Å². The highest BCUT2D eigenvalue weighted by Crippen LogP contribution is 2.25. The second-order valence-corrected chi connectivity index (χ2v) is 4.90. The van der Waals surface area contributed by atoms with E-state index >= 15 is 0 Å². The Morgan fingerprint density at radius 3 is 2.28 bits per heavy atom. The molecule has 2 rings (SSSR count). The maximum absolute atomic E-state index is 6.28. The van der Waals surface area contributed by atoms with Gasteiger partial charge in [-0.2, -0.15) is 9.97 Å². The third kappa shape index (κ3) is 2.75. The van der Waals surface area contributed by atoms with Crippen LogP contribution >= 0.6 is 11.6 Å². The fourth-order valence-corrected chi connectivity index (χ4v) is 2.15. The summed E-state index contributed by atoms with van der Waals surface area (Å²) in [5, 5.41) is 0.104. The Morgan fingerprint density at radius 1 is 1.17 bits per heavy atom. The third-order valence-electron chi connectivity index (χ3n) is 3.10. The minimum Gasteiger partial charge on any atom is -0.467 e. The number of aromatic nitrogens is 3. The molecule has 100 valence electrons. The van der Waals surface area contributed by atoms with Gasteiger partial charge in [-0.1, -0.05) is 6.92 Å². The zero-order valence-electron chi connectivity index (χ0n) is 10.8. The molecule has 0 N–H and O–H groups in total. The van der Waals surface area contributed by atoms with Crippen LogP contribution in [-0.4, -0.2) is 47.6 Å². The van der Waals surface area contributed by atoms with E-state index in [4.69, 9.17) is 21.1 Å². The second kappa shape index (κ2) is 5.56. The molecule has 0 amide bonds. The summed E-state index contributed by atoms with van der Waals surface area (Å²) in [5.41, 5.74) is 0. The van der Waals surface area contributed by atoms with E-state index in [1.165, 1.54) is 14.2 Å². The van der Waals surface area contributed by atoms with Crippen LogP contribution in [0.3, 0.4) is 0 Å². The largest absolute Gasteiger partial charge is 0.467 e. The van der Waals surface area contributed by atoms with Crippen molar-refractivity contribution in [1.82, 2.24) is 15.0 Å². The number of anilines is 1. The topological polar surface area (TPSA) is 60.4 Å². The molecular formula is C11H17ClN4O2. The van der Waals surface area contributed by atoms with Crippen LogP contribution in [0, 0.1) is 5.92 Å². The molecule has 0 aromatic carbocycles. The van der Waals surface area contributed by atoms with Crippen LogP contribution in [0.25, 0.3) is 0 Å². The summed E-state index contributed by atoms with van der Waals surface area (Å²) in [7, 11) is 3.03. The van der Waals surface area contributed by atoms with Crippen LogP contribution in [0.5, 0.6) is 12.0 Å². The zero-order valence-corrected chi connectivity index (χ0v) is 11.5. The van der Waals surface area contributed by atoms with Crippen molar-refractivity contribution in [2.75, 3.05) is 32.2 Å². The molecule has 1 aliphatic heterocycles. The molecule has 2 unspecified atom stereocenters. The molecule has 0 bridgehead atoms. The summed E-state index contributed by atoms with van der Waals surface area (Å²) in [5.74, 6) is 1.06. The molecule has 1 fully saturated rings. The smallest absolute Gasteiger partial charge is 0.324 e. The van der Waals surface area contributed by atoms with E-state index in [2.05, 4.69) is 21.9 Å². The van der Waals surface area contributed by atoms with E-state index in [1.54, 1.807) is 0 Å². The first kappa shape index (κ1) is 13.1. The normalized spacial score (nSPS) is 23.9. The van der Waals surface area contributed by atoms with Gasteiger partial charge in [0.25, 0.3) is 0 Å². The molecule has 2 atom stereocenters. The maximum Gasteiger partial charge on any atom is 0.324 e. The van der Waals surface area contributed by atoms with Gasteiger partial charge in [0.2, 0.25) is 5.95 Å². The molecule has 1 saturated heterocycles. The average molecular weight is 273 g/mol. The van der Waals surface area contributed by atoms with E-state index in [0.29, 0.717) is 11.9 Å². The van der Waals surface area contributed by atoms with Crippen molar-refractivity contribution in [2.24, 2.45) is 5.92 Å². The number of hydrogen-bond acceptors (Lipinski definition) is 6. The van der Waals surface area contributed by atoms with Crippen molar-refractivity contribution in [3.8, 4) is 12.0 Å². The highest BCUT2D eigenvalue weighted by atomic mass is 35.5. The number of ether oxygens (including phenoxy) is 2. The molecule has 6 nitrogen and oxygen atoms in total. The summed E-state index contributed by atoms with van der Waals surface area (Å²) < 4.78 is 10.1. The Kier molecular flexibility index (Phi) is 4.06. The maximum atomic E-state index is 6.28. The van der Waals surface area contributed by atoms with Gasteiger partial charge in [-0.3, -0.25) is 0 Å². The van der Waals surface area contributed by atoms with Gasteiger partial charge in [0.05, 0.1) is 19.6 Å². The van der Waals surface area contributed by atoms with Crippen LogP contribution in [0.2, 0.25) is 0 Å². The molecule has 1 aromatic heterocycles. The Bertz CT molecular complexity index is 396. The van der Waals surface area contributed by atoms with Gasteiger partial charge in [-0.05, 0) is 12.3 Å². The predicted octanol–water partition coefficient (Wildman–Crippen LogP) is 1.34. The van der Waals surface area contributed by atoms with Crippen molar-refractivity contribution in [1.29, 1.82) is 0 Å². The van der Waals surface area contributed by atoms with E-state index < -0.39 is 0 Å². The Balaban J connectivity index is 2.22. The number of rotatable bonds is 3. The summed E-state index contributed by atoms with van der Waals surface area (Å²) in [4.78, 5) is 14.5. The quantitative estimate of drug-likeness (QED) is 0.774. The molecule has 7 heteroatoms. The molecule has 0 spiro atoms. The van der Waals surface area contributed by atoms with Gasteiger partial charge in [0, 0.05) is 13.1 Å². The first-order chi connectivity index (χ1) is 8.63. The number of piperidine rings is 1. The summed E-state index contributed by atoms with van der Waals surface area (Å²) >= 11 is 6.28. The van der Waals surface area contributed by atoms with Crippen LogP contribution in [0.1, 0.15) is 13.3 Å². The molecule has 0 saturated carbocycles. The van der Waals surface area contributed by atoms with Gasteiger partial charge >= 0.3 is 12.0 Å². The lowest BCUT2D eigenvalue weighted by Gasteiger charge is -2.33. The molecule has 0 radical (unpaired) electrons. The lowest BCUT2D eigenvalue weighted by atomic mass is 9.99. The van der Waals surface area contributed by atoms with Crippen LogP contribution < -0.4 is 14.4 Å². The zero-order chi connectivity index (χ0) is 13.1. The molecule has 1 aromatic rings. The first-order valence-electron chi connectivity index (χ1n) is 5.87. The van der Waals surface area contributed by atoms with Crippen molar-refractivity contribution < 1.29 is 9.47 Å². The van der Waals surface area contributed by atoms with Gasteiger partial charge < -0.3 is 14.4 Å². The summed E-state index contributed by atoms with van der Waals surface area (Å²) in [6.07, 6.45) is 1.02. The van der Waals surface area contributed by atoms with E-state index in [-0.39, 0.29) is 17.4 Å². The molecule has 2 heterocycles. The molecule has 1 aliphatic rings. The highest BCUT2D eigenvalue weighted by Gasteiger charge is 2.26. The van der Waals surface area contributed by atoms with Gasteiger partial charge in [0.1, 0.15) is 0 Å². The van der Waals surface area contributed by atoms with Gasteiger partial charge in [-0.25, -0.2) is 0 Å². The van der Waals surface area contributed by atoms with Crippen molar-refractivity contribution in [3.05, 3.63) is 0 Å². The SMILES string of the molecule is COc1nc(OC)nc(N2CCC(C)C(Cl)C2)n1. The Labute approximate surface area is 111 Å². The number of hydrogen-bond donors (Lipinski definition) is 0. The van der Waals surface area contributed by atoms with E-state index in [9.17, 15) is 0 Å². The lowest BCUT2D eigenvalue weighted by molar-refractivity contribution is 0.338. The van der Waals surface area contributed by atoms with Gasteiger partial charge in [0.15, 0.2) is 0 Å². The Morgan fingerprint density at radius 2 is 1.78 bits per heavy atom. The Hall–Kier alpha value is -1.30. The summed E-state index contributed by atoms with van der Waals surface area (Å²) in [6, 6.07) is 0.503. The number of alkyl halides is 1. The fraction of sp³-hybridized carbons (Fsp3) is 0.727. The van der Waals surface area contributed by atoms with Gasteiger partial charge in [-0.15, -0.1) is 16.6 Å². The monoisotopic (exact) mass is 272 g/mol. The lowest BCUT2D eigenvalue weighted by Crippen LogP contribution is -2.41. The average Bonchev–Trinajstić information content (AvgIpc) is 2.41. The minimum atomic E-state index is 0.104. The number of nitrogens with zero attached hydrogens (tertiary/aromatic N) is 4. The van der Waals surface area contributed by atoms with Crippen molar-refractivity contribution in [2.45, 2.75) is 18.7 Å². The molecular weight excluding hydrogens is 256 g/mol. The fourth-order valence-electron chi connectivity index (χ4n) is 1.86.